The topological polar surface area (TPSA) is 12.0 Å². The molecule has 0 radical (unpaired) electrons. The van der Waals surface area contributed by atoms with E-state index in [2.05, 4.69) is 12.2 Å². The van der Waals surface area contributed by atoms with E-state index in [1.807, 2.05) is 12.1 Å². The number of rotatable bonds is 3. The first kappa shape index (κ1) is 12.6. The molecule has 1 N–H and O–H groups in total. The highest BCUT2D eigenvalue weighted by atomic mass is 19.1. The Kier molecular flexibility index (Phi) is 4.55. The van der Waals surface area contributed by atoms with Gasteiger partial charge in [-0.2, -0.15) is 0 Å². The first-order valence-electron chi connectivity index (χ1n) is 6.77. The first-order chi connectivity index (χ1) is 8.25. The van der Waals surface area contributed by atoms with Crippen LogP contribution in [0.3, 0.4) is 0 Å². The lowest BCUT2D eigenvalue weighted by Crippen LogP contribution is -2.31. The van der Waals surface area contributed by atoms with Crippen molar-refractivity contribution in [3.63, 3.8) is 0 Å². The summed E-state index contributed by atoms with van der Waals surface area (Å²) in [4.78, 5) is 0. The highest BCUT2D eigenvalue weighted by Gasteiger charge is 2.15. The van der Waals surface area contributed by atoms with Gasteiger partial charge in [-0.05, 0) is 37.5 Å². The molecule has 0 aliphatic heterocycles. The van der Waals surface area contributed by atoms with Gasteiger partial charge in [0.2, 0.25) is 0 Å². The van der Waals surface area contributed by atoms with Crippen LogP contribution in [0.15, 0.2) is 24.3 Å². The van der Waals surface area contributed by atoms with Gasteiger partial charge in [-0.1, -0.05) is 37.8 Å². The van der Waals surface area contributed by atoms with E-state index >= 15 is 0 Å². The van der Waals surface area contributed by atoms with E-state index in [0.717, 1.165) is 0 Å². The molecule has 2 heteroatoms. The van der Waals surface area contributed by atoms with Crippen LogP contribution in [0, 0.1) is 5.82 Å². The zero-order valence-electron chi connectivity index (χ0n) is 10.6. The molecule has 0 amide bonds. The minimum Gasteiger partial charge on any atom is -0.307 e. The summed E-state index contributed by atoms with van der Waals surface area (Å²) < 4.78 is 12.8. The lowest BCUT2D eigenvalue weighted by molar-refractivity contribution is 0.414. The molecule has 1 aliphatic rings. The van der Waals surface area contributed by atoms with E-state index in [4.69, 9.17) is 0 Å². The van der Waals surface area contributed by atoms with E-state index in [1.54, 1.807) is 12.1 Å². The molecule has 1 aromatic rings. The molecule has 1 saturated carbocycles. The number of halogens is 1. The summed E-state index contributed by atoms with van der Waals surface area (Å²) in [6.45, 7) is 2.16. The maximum absolute atomic E-state index is 12.8. The Hall–Kier alpha value is -0.890. The van der Waals surface area contributed by atoms with Crippen molar-refractivity contribution in [1.82, 2.24) is 5.32 Å². The van der Waals surface area contributed by atoms with Crippen molar-refractivity contribution in [2.24, 2.45) is 0 Å². The third-order valence-corrected chi connectivity index (χ3v) is 3.71. The zero-order valence-corrected chi connectivity index (χ0v) is 10.6. The molecule has 0 saturated heterocycles. The minimum absolute atomic E-state index is 0.157. The standard InChI is InChI=1S/C15H22FN/c1-12(13-8-10-14(16)11-9-13)17-15-6-4-2-3-5-7-15/h8-12,15,17H,2-7H2,1H3/t12-/m1/s1. The van der Waals surface area contributed by atoms with Crippen LogP contribution in [-0.4, -0.2) is 6.04 Å². The minimum atomic E-state index is -0.157. The van der Waals surface area contributed by atoms with Gasteiger partial charge in [-0.15, -0.1) is 0 Å². The molecule has 94 valence electrons. The van der Waals surface area contributed by atoms with Crippen LogP contribution in [0.5, 0.6) is 0 Å². The molecule has 1 aromatic carbocycles. The summed E-state index contributed by atoms with van der Waals surface area (Å²) in [7, 11) is 0. The lowest BCUT2D eigenvalue weighted by atomic mass is 10.0. The predicted molar refractivity (Wildman–Crippen MR) is 69.4 cm³/mol. The molecule has 1 aliphatic carbocycles. The van der Waals surface area contributed by atoms with Gasteiger partial charge < -0.3 is 5.32 Å². The molecule has 1 fully saturated rings. The second-order valence-electron chi connectivity index (χ2n) is 5.13. The third-order valence-electron chi connectivity index (χ3n) is 3.71. The number of benzene rings is 1. The molecule has 2 rings (SSSR count). The van der Waals surface area contributed by atoms with Gasteiger partial charge >= 0.3 is 0 Å². The van der Waals surface area contributed by atoms with Crippen molar-refractivity contribution in [1.29, 1.82) is 0 Å². The summed E-state index contributed by atoms with van der Waals surface area (Å²) >= 11 is 0. The Morgan fingerprint density at radius 3 is 2.24 bits per heavy atom. The van der Waals surface area contributed by atoms with E-state index < -0.39 is 0 Å². The normalized spacial score (nSPS) is 19.9. The molecular weight excluding hydrogens is 213 g/mol. The second kappa shape index (κ2) is 6.15. The van der Waals surface area contributed by atoms with Crippen molar-refractivity contribution in [3.8, 4) is 0 Å². The van der Waals surface area contributed by atoms with Crippen LogP contribution in [0.1, 0.15) is 57.1 Å². The molecule has 0 unspecified atom stereocenters. The van der Waals surface area contributed by atoms with Crippen LogP contribution in [-0.2, 0) is 0 Å². The fraction of sp³-hybridized carbons (Fsp3) is 0.600. The fourth-order valence-corrected chi connectivity index (χ4v) is 2.65. The molecule has 1 nitrogen and oxygen atoms in total. The maximum atomic E-state index is 12.8. The van der Waals surface area contributed by atoms with Crippen LogP contribution in [0.2, 0.25) is 0 Å². The van der Waals surface area contributed by atoms with Gasteiger partial charge in [0.1, 0.15) is 5.82 Å². The predicted octanol–water partition coefficient (Wildman–Crippen LogP) is 4.20. The highest BCUT2D eigenvalue weighted by Crippen LogP contribution is 2.21. The highest BCUT2D eigenvalue weighted by molar-refractivity contribution is 5.19. The summed E-state index contributed by atoms with van der Waals surface area (Å²) in [5.41, 5.74) is 1.18. The number of hydrogen-bond acceptors (Lipinski definition) is 1. The molecular formula is C15H22FN. The average molecular weight is 235 g/mol. The average Bonchev–Trinajstić information content (AvgIpc) is 2.58. The smallest absolute Gasteiger partial charge is 0.123 e. The SMILES string of the molecule is C[C@@H](NC1CCCCCC1)c1ccc(F)cc1. The molecule has 0 spiro atoms. The lowest BCUT2D eigenvalue weighted by Gasteiger charge is -2.22. The largest absolute Gasteiger partial charge is 0.307 e. The summed E-state index contributed by atoms with van der Waals surface area (Å²) in [5.74, 6) is -0.157. The first-order valence-corrected chi connectivity index (χ1v) is 6.77. The zero-order chi connectivity index (χ0) is 12.1. The van der Waals surface area contributed by atoms with Crippen LogP contribution in [0.4, 0.5) is 4.39 Å². The molecule has 0 aromatic heterocycles. The van der Waals surface area contributed by atoms with Crippen molar-refractivity contribution in [2.75, 3.05) is 0 Å². The molecule has 17 heavy (non-hydrogen) atoms. The number of hydrogen-bond donors (Lipinski definition) is 1. The van der Waals surface area contributed by atoms with Crippen LogP contribution >= 0.6 is 0 Å². The van der Waals surface area contributed by atoms with E-state index in [0.29, 0.717) is 12.1 Å². The third kappa shape index (κ3) is 3.81. The Labute approximate surface area is 103 Å². The van der Waals surface area contributed by atoms with Crippen molar-refractivity contribution < 1.29 is 4.39 Å². The monoisotopic (exact) mass is 235 g/mol. The van der Waals surface area contributed by atoms with Gasteiger partial charge in [-0.3, -0.25) is 0 Å². The van der Waals surface area contributed by atoms with Crippen LogP contribution < -0.4 is 5.32 Å². The molecule has 0 bridgehead atoms. The van der Waals surface area contributed by atoms with Gasteiger partial charge in [0, 0.05) is 12.1 Å². The van der Waals surface area contributed by atoms with Gasteiger partial charge in [0.05, 0.1) is 0 Å². The van der Waals surface area contributed by atoms with Gasteiger partial charge in [-0.25, -0.2) is 4.39 Å². The van der Waals surface area contributed by atoms with Crippen molar-refractivity contribution in [2.45, 2.75) is 57.5 Å². The van der Waals surface area contributed by atoms with E-state index in [1.165, 1.54) is 44.1 Å². The Morgan fingerprint density at radius 2 is 1.65 bits per heavy atom. The van der Waals surface area contributed by atoms with Crippen molar-refractivity contribution >= 4 is 0 Å². The summed E-state index contributed by atoms with van der Waals surface area (Å²) in [5, 5.41) is 3.67. The Balaban J connectivity index is 1.91. The molecule has 0 heterocycles. The van der Waals surface area contributed by atoms with Gasteiger partial charge in [0.25, 0.3) is 0 Å². The summed E-state index contributed by atoms with van der Waals surface area (Å²) in [6, 6.07) is 7.80. The van der Waals surface area contributed by atoms with E-state index in [9.17, 15) is 4.39 Å². The fourth-order valence-electron chi connectivity index (χ4n) is 2.65. The second-order valence-corrected chi connectivity index (χ2v) is 5.13. The van der Waals surface area contributed by atoms with Gasteiger partial charge in [0.15, 0.2) is 0 Å². The Morgan fingerprint density at radius 1 is 1.06 bits per heavy atom. The quantitative estimate of drug-likeness (QED) is 0.774. The van der Waals surface area contributed by atoms with E-state index in [-0.39, 0.29) is 5.82 Å². The summed E-state index contributed by atoms with van der Waals surface area (Å²) in [6.07, 6.45) is 8.00. The van der Waals surface area contributed by atoms with Crippen LogP contribution in [0.25, 0.3) is 0 Å². The molecule has 1 atom stereocenters. The Bertz CT molecular complexity index is 325. The number of nitrogens with one attached hydrogen (secondary N) is 1. The van der Waals surface area contributed by atoms with Crippen molar-refractivity contribution in [3.05, 3.63) is 35.6 Å². The maximum Gasteiger partial charge on any atom is 0.123 e.